The Morgan fingerprint density at radius 1 is 1.17 bits per heavy atom. The zero-order valence-electron chi connectivity index (χ0n) is 21.1. The SMILES string of the molecule is COc1cc([C@@H](C)NCCCC2Cc3ccccc3C(c3ccc(C)c(C(=O)O)c3)C2)ccc1F.Cl. The third kappa shape index (κ3) is 6.26. The molecule has 2 N–H and O–H groups in total. The summed E-state index contributed by atoms with van der Waals surface area (Å²) in [5.41, 5.74) is 5.95. The van der Waals surface area contributed by atoms with Gasteiger partial charge in [0.2, 0.25) is 0 Å². The maximum atomic E-state index is 13.7. The van der Waals surface area contributed by atoms with E-state index in [2.05, 4.69) is 42.6 Å². The van der Waals surface area contributed by atoms with Crippen LogP contribution in [-0.4, -0.2) is 24.7 Å². The van der Waals surface area contributed by atoms with Crippen LogP contribution in [0.2, 0.25) is 0 Å². The molecule has 3 aromatic carbocycles. The number of hydrogen-bond donors (Lipinski definition) is 2. The van der Waals surface area contributed by atoms with Crippen molar-refractivity contribution in [2.75, 3.05) is 13.7 Å². The van der Waals surface area contributed by atoms with Crippen LogP contribution in [0.15, 0.2) is 60.7 Å². The summed E-state index contributed by atoms with van der Waals surface area (Å²) in [4.78, 5) is 11.7. The molecule has 0 amide bonds. The lowest BCUT2D eigenvalue weighted by molar-refractivity contribution is 0.0696. The molecule has 0 spiro atoms. The number of aromatic carboxylic acids is 1. The lowest BCUT2D eigenvalue weighted by Crippen LogP contribution is -2.23. The van der Waals surface area contributed by atoms with Crippen molar-refractivity contribution < 1.29 is 19.0 Å². The fourth-order valence-electron chi connectivity index (χ4n) is 5.31. The lowest BCUT2D eigenvalue weighted by Gasteiger charge is -2.32. The Kier molecular flexibility index (Phi) is 9.52. The predicted molar refractivity (Wildman–Crippen MR) is 144 cm³/mol. The molecule has 0 heterocycles. The minimum absolute atomic E-state index is 0. The largest absolute Gasteiger partial charge is 0.494 e. The third-order valence-electron chi connectivity index (χ3n) is 7.32. The van der Waals surface area contributed by atoms with Crippen molar-refractivity contribution in [2.45, 2.75) is 51.5 Å². The van der Waals surface area contributed by atoms with E-state index >= 15 is 0 Å². The Balaban J connectivity index is 0.00000361. The maximum Gasteiger partial charge on any atom is 0.335 e. The number of benzene rings is 3. The molecule has 0 saturated carbocycles. The first-order valence-corrected chi connectivity index (χ1v) is 12.4. The number of rotatable bonds is 9. The number of carbonyl (C=O) groups is 1. The number of carboxylic acids is 1. The van der Waals surface area contributed by atoms with Gasteiger partial charge in [-0.25, -0.2) is 9.18 Å². The highest BCUT2D eigenvalue weighted by atomic mass is 35.5. The summed E-state index contributed by atoms with van der Waals surface area (Å²) in [6.45, 7) is 4.80. The topological polar surface area (TPSA) is 58.6 Å². The van der Waals surface area contributed by atoms with E-state index in [9.17, 15) is 14.3 Å². The second kappa shape index (κ2) is 12.4. The first-order valence-electron chi connectivity index (χ1n) is 12.4. The molecule has 0 aliphatic heterocycles. The van der Waals surface area contributed by atoms with Gasteiger partial charge < -0.3 is 15.2 Å². The zero-order valence-corrected chi connectivity index (χ0v) is 21.9. The molecule has 1 aliphatic rings. The van der Waals surface area contributed by atoms with Crippen molar-refractivity contribution in [1.29, 1.82) is 0 Å². The highest BCUT2D eigenvalue weighted by Gasteiger charge is 2.28. The Labute approximate surface area is 219 Å². The van der Waals surface area contributed by atoms with Gasteiger partial charge in [0.05, 0.1) is 12.7 Å². The van der Waals surface area contributed by atoms with E-state index in [-0.39, 0.29) is 35.9 Å². The zero-order chi connectivity index (χ0) is 24.9. The van der Waals surface area contributed by atoms with E-state index in [0.29, 0.717) is 11.5 Å². The normalized spacial score (nSPS) is 17.6. The van der Waals surface area contributed by atoms with Crippen molar-refractivity contribution >= 4 is 18.4 Å². The molecule has 0 saturated heterocycles. The summed E-state index contributed by atoms with van der Waals surface area (Å²) >= 11 is 0. The molecule has 192 valence electrons. The van der Waals surface area contributed by atoms with Gasteiger partial charge in [-0.3, -0.25) is 0 Å². The second-order valence-electron chi connectivity index (χ2n) is 9.65. The quantitative estimate of drug-likeness (QED) is 0.301. The van der Waals surface area contributed by atoms with E-state index in [1.165, 1.54) is 24.3 Å². The van der Waals surface area contributed by atoms with Crippen molar-refractivity contribution in [3.05, 3.63) is 99.9 Å². The molecular formula is C30H35ClFNO3. The van der Waals surface area contributed by atoms with Crippen molar-refractivity contribution in [3.8, 4) is 5.75 Å². The van der Waals surface area contributed by atoms with Crippen molar-refractivity contribution in [2.24, 2.45) is 5.92 Å². The molecule has 3 atom stereocenters. The van der Waals surface area contributed by atoms with Gasteiger partial charge in [0.1, 0.15) is 0 Å². The van der Waals surface area contributed by atoms with Gasteiger partial charge >= 0.3 is 5.97 Å². The lowest BCUT2D eigenvalue weighted by atomic mass is 9.72. The monoisotopic (exact) mass is 511 g/mol. The van der Waals surface area contributed by atoms with Crippen molar-refractivity contribution in [1.82, 2.24) is 5.32 Å². The number of aryl methyl sites for hydroxylation is 1. The van der Waals surface area contributed by atoms with Gasteiger partial charge in [-0.15, -0.1) is 12.4 Å². The third-order valence-corrected chi connectivity index (χ3v) is 7.32. The van der Waals surface area contributed by atoms with Crippen LogP contribution in [0.4, 0.5) is 4.39 Å². The molecule has 36 heavy (non-hydrogen) atoms. The smallest absolute Gasteiger partial charge is 0.335 e. The number of nitrogens with one attached hydrogen (secondary N) is 1. The van der Waals surface area contributed by atoms with Gasteiger partial charge in [-0.2, -0.15) is 0 Å². The number of ether oxygens (including phenoxy) is 1. The van der Waals surface area contributed by atoms with Crippen LogP contribution in [0.5, 0.6) is 5.75 Å². The average Bonchev–Trinajstić information content (AvgIpc) is 2.86. The van der Waals surface area contributed by atoms with E-state index < -0.39 is 5.97 Å². The number of methoxy groups -OCH3 is 1. The Hall–Kier alpha value is -2.89. The molecule has 3 aromatic rings. The first kappa shape index (κ1) is 27.7. The molecule has 0 bridgehead atoms. The van der Waals surface area contributed by atoms with Gasteiger partial charge in [-0.1, -0.05) is 42.5 Å². The summed E-state index contributed by atoms with van der Waals surface area (Å²) in [5.74, 6) is -0.205. The summed E-state index contributed by atoms with van der Waals surface area (Å²) in [7, 11) is 1.48. The number of hydrogen-bond acceptors (Lipinski definition) is 3. The summed E-state index contributed by atoms with van der Waals surface area (Å²) < 4.78 is 18.8. The van der Waals surface area contributed by atoms with Gasteiger partial charge in [0.25, 0.3) is 0 Å². The van der Waals surface area contributed by atoms with Crippen LogP contribution in [0.25, 0.3) is 0 Å². The van der Waals surface area contributed by atoms with Crippen LogP contribution in [0.3, 0.4) is 0 Å². The van der Waals surface area contributed by atoms with Gasteiger partial charge in [-0.05, 0) is 98.0 Å². The number of carboxylic acid groups (broad SMARTS) is 1. The van der Waals surface area contributed by atoms with Crippen LogP contribution in [0, 0.1) is 18.7 Å². The minimum atomic E-state index is -0.871. The van der Waals surface area contributed by atoms with Crippen molar-refractivity contribution in [3.63, 3.8) is 0 Å². The van der Waals surface area contributed by atoms with E-state index in [0.717, 1.165) is 48.9 Å². The van der Waals surface area contributed by atoms with Crippen LogP contribution in [0.1, 0.15) is 76.3 Å². The van der Waals surface area contributed by atoms with Gasteiger partial charge in [0, 0.05) is 12.0 Å². The molecule has 0 fully saturated rings. The highest BCUT2D eigenvalue weighted by Crippen LogP contribution is 2.41. The van der Waals surface area contributed by atoms with Crippen LogP contribution in [-0.2, 0) is 6.42 Å². The Morgan fingerprint density at radius 3 is 2.69 bits per heavy atom. The minimum Gasteiger partial charge on any atom is -0.494 e. The standard InChI is InChI=1S/C30H34FNO3.ClH/c1-19-10-11-24(17-26(19)30(33)34)27-16-21(15-23-8-4-5-9-25(23)27)7-6-14-32-20(2)22-12-13-28(31)29(18-22)35-3;/h4-5,8-13,17-18,20-21,27,32H,6-7,14-16H2,1-3H3,(H,33,34);1H/t20-,21?,27?;/m1./s1. The molecule has 2 unspecified atom stereocenters. The highest BCUT2D eigenvalue weighted by molar-refractivity contribution is 5.89. The fraction of sp³-hybridized carbons (Fsp3) is 0.367. The molecular weight excluding hydrogens is 477 g/mol. The van der Waals surface area contributed by atoms with E-state index in [4.69, 9.17) is 4.74 Å². The number of halogens is 2. The number of fused-ring (bicyclic) bond motifs is 1. The summed E-state index contributed by atoms with van der Waals surface area (Å²) in [6, 6.07) is 19.6. The first-order chi connectivity index (χ1) is 16.9. The predicted octanol–water partition coefficient (Wildman–Crippen LogP) is 7.09. The fourth-order valence-corrected chi connectivity index (χ4v) is 5.31. The maximum absolute atomic E-state index is 13.7. The molecule has 6 heteroatoms. The summed E-state index contributed by atoms with van der Waals surface area (Å²) in [5, 5.41) is 13.2. The molecule has 4 nitrogen and oxygen atoms in total. The Morgan fingerprint density at radius 2 is 1.94 bits per heavy atom. The van der Waals surface area contributed by atoms with E-state index in [1.54, 1.807) is 12.1 Å². The van der Waals surface area contributed by atoms with Crippen LogP contribution >= 0.6 is 12.4 Å². The molecule has 1 aliphatic carbocycles. The van der Waals surface area contributed by atoms with E-state index in [1.807, 2.05) is 19.1 Å². The second-order valence-corrected chi connectivity index (χ2v) is 9.65. The molecule has 0 aromatic heterocycles. The van der Waals surface area contributed by atoms with Gasteiger partial charge in [0.15, 0.2) is 11.6 Å². The molecule has 0 radical (unpaired) electrons. The Bertz CT molecular complexity index is 1200. The average molecular weight is 512 g/mol. The summed E-state index contributed by atoms with van der Waals surface area (Å²) in [6.07, 6.45) is 4.20. The molecule has 4 rings (SSSR count). The van der Waals surface area contributed by atoms with Crippen LogP contribution < -0.4 is 10.1 Å².